The van der Waals surface area contributed by atoms with Crippen molar-refractivity contribution in [2.24, 2.45) is 11.7 Å². The topological polar surface area (TPSA) is 67.6 Å². The van der Waals surface area contributed by atoms with Gasteiger partial charge in [0.2, 0.25) is 5.91 Å². The SMILES string of the molecule is CCN(CC)CCOc1ccccc1NC(=O)C(C)C(N)c1ccccc1.Cl.Cl. The van der Waals surface area contributed by atoms with Gasteiger partial charge < -0.3 is 20.7 Å². The van der Waals surface area contributed by atoms with Gasteiger partial charge in [0.15, 0.2) is 0 Å². The van der Waals surface area contributed by atoms with Crippen LogP contribution in [0.25, 0.3) is 0 Å². The average molecular weight is 442 g/mol. The van der Waals surface area contributed by atoms with E-state index in [1.54, 1.807) is 0 Å². The molecule has 0 aliphatic rings. The lowest BCUT2D eigenvalue weighted by atomic mass is 9.94. The molecular formula is C22H33Cl2N3O2. The first kappa shape index (κ1) is 27.2. The fourth-order valence-electron chi connectivity index (χ4n) is 2.89. The molecule has 7 heteroatoms. The van der Waals surface area contributed by atoms with Crippen LogP contribution in [0.15, 0.2) is 54.6 Å². The van der Waals surface area contributed by atoms with Gasteiger partial charge in [-0.3, -0.25) is 4.79 Å². The molecule has 0 heterocycles. The second-order valence-electron chi connectivity index (χ2n) is 6.59. The van der Waals surface area contributed by atoms with Crippen molar-refractivity contribution in [3.05, 3.63) is 60.2 Å². The molecular weight excluding hydrogens is 409 g/mol. The van der Waals surface area contributed by atoms with E-state index in [2.05, 4.69) is 24.1 Å². The summed E-state index contributed by atoms with van der Waals surface area (Å²) in [6.07, 6.45) is 0. The Balaban J connectivity index is 0.00000392. The number of anilines is 1. The molecule has 0 radical (unpaired) electrons. The zero-order valence-corrected chi connectivity index (χ0v) is 19.0. The number of hydrogen-bond donors (Lipinski definition) is 2. The molecule has 0 spiro atoms. The van der Waals surface area contributed by atoms with Crippen LogP contribution in [-0.2, 0) is 4.79 Å². The molecule has 29 heavy (non-hydrogen) atoms. The van der Waals surface area contributed by atoms with E-state index in [4.69, 9.17) is 10.5 Å². The first-order valence-corrected chi connectivity index (χ1v) is 9.62. The minimum Gasteiger partial charge on any atom is -0.490 e. The Bertz CT molecular complexity index is 712. The van der Waals surface area contributed by atoms with Gasteiger partial charge in [0.1, 0.15) is 12.4 Å². The van der Waals surface area contributed by atoms with Gasteiger partial charge >= 0.3 is 0 Å². The van der Waals surface area contributed by atoms with Crippen molar-refractivity contribution in [2.75, 3.05) is 31.6 Å². The largest absolute Gasteiger partial charge is 0.490 e. The maximum absolute atomic E-state index is 12.7. The van der Waals surface area contributed by atoms with Gasteiger partial charge in [0.25, 0.3) is 0 Å². The van der Waals surface area contributed by atoms with Crippen LogP contribution >= 0.6 is 24.8 Å². The van der Waals surface area contributed by atoms with Crippen molar-refractivity contribution in [3.8, 4) is 5.75 Å². The van der Waals surface area contributed by atoms with Gasteiger partial charge in [0.05, 0.1) is 11.6 Å². The lowest BCUT2D eigenvalue weighted by Gasteiger charge is -2.21. The van der Waals surface area contributed by atoms with Crippen molar-refractivity contribution in [1.29, 1.82) is 0 Å². The Morgan fingerprint density at radius 3 is 2.24 bits per heavy atom. The third kappa shape index (κ3) is 8.23. The summed E-state index contributed by atoms with van der Waals surface area (Å²) in [5, 5.41) is 2.97. The highest BCUT2D eigenvalue weighted by Crippen LogP contribution is 2.26. The predicted molar refractivity (Wildman–Crippen MR) is 125 cm³/mol. The molecule has 0 fully saturated rings. The molecule has 0 saturated carbocycles. The second-order valence-corrected chi connectivity index (χ2v) is 6.59. The quantitative estimate of drug-likeness (QED) is 0.568. The summed E-state index contributed by atoms with van der Waals surface area (Å²) in [6, 6.07) is 16.8. The number of halogens is 2. The maximum Gasteiger partial charge on any atom is 0.229 e. The number of rotatable bonds is 10. The van der Waals surface area contributed by atoms with E-state index in [1.165, 1.54) is 0 Å². The molecule has 162 valence electrons. The summed E-state index contributed by atoms with van der Waals surface area (Å²) < 4.78 is 5.91. The van der Waals surface area contributed by atoms with Crippen LogP contribution in [0, 0.1) is 5.92 Å². The lowest BCUT2D eigenvalue weighted by Crippen LogP contribution is -2.31. The van der Waals surface area contributed by atoms with Crippen LogP contribution in [0.4, 0.5) is 5.69 Å². The average Bonchev–Trinajstić information content (AvgIpc) is 2.71. The van der Waals surface area contributed by atoms with Crippen LogP contribution < -0.4 is 15.8 Å². The molecule has 0 bridgehead atoms. The standard InChI is InChI=1S/C22H31N3O2.2ClH/c1-4-25(5-2)15-16-27-20-14-10-9-13-19(20)24-22(26)17(3)21(23)18-11-7-6-8-12-18;;/h6-14,17,21H,4-5,15-16,23H2,1-3H3,(H,24,26);2*1H. The zero-order chi connectivity index (χ0) is 19.6. The van der Waals surface area contributed by atoms with Crippen molar-refractivity contribution < 1.29 is 9.53 Å². The first-order chi connectivity index (χ1) is 13.1. The zero-order valence-electron chi connectivity index (χ0n) is 17.3. The number of likely N-dealkylation sites (N-methyl/N-ethyl adjacent to an activating group) is 1. The number of ether oxygens (including phenoxy) is 1. The Morgan fingerprint density at radius 1 is 1.03 bits per heavy atom. The molecule has 5 nitrogen and oxygen atoms in total. The number of amides is 1. The van der Waals surface area contributed by atoms with Crippen molar-refractivity contribution in [3.63, 3.8) is 0 Å². The minimum atomic E-state index is -0.365. The van der Waals surface area contributed by atoms with Gasteiger partial charge in [-0.1, -0.05) is 63.2 Å². The van der Waals surface area contributed by atoms with Crippen LogP contribution in [0.5, 0.6) is 5.75 Å². The van der Waals surface area contributed by atoms with E-state index in [0.717, 1.165) is 25.2 Å². The summed E-state index contributed by atoms with van der Waals surface area (Å²) in [4.78, 5) is 15.0. The van der Waals surface area contributed by atoms with Gasteiger partial charge in [-0.25, -0.2) is 0 Å². The van der Waals surface area contributed by atoms with Crippen molar-refractivity contribution in [2.45, 2.75) is 26.8 Å². The summed E-state index contributed by atoms with van der Waals surface area (Å²) in [5.41, 5.74) is 7.90. The molecule has 2 aromatic rings. The highest BCUT2D eigenvalue weighted by Gasteiger charge is 2.23. The van der Waals surface area contributed by atoms with Crippen LogP contribution in [0.1, 0.15) is 32.4 Å². The van der Waals surface area contributed by atoms with Gasteiger partial charge in [-0.2, -0.15) is 0 Å². The molecule has 0 aliphatic carbocycles. The van der Waals surface area contributed by atoms with Gasteiger partial charge in [-0.05, 0) is 30.8 Å². The first-order valence-electron chi connectivity index (χ1n) is 9.62. The summed E-state index contributed by atoms with van der Waals surface area (Å²) in [7, 11) is 0. The Hall–Kier alpha value is -1.79. The molecule has 1 amide bonds. The van der Waals surface area contributed by atoms with Crippen LogP contribution in [-0.4, -0.2) is 37.0 Å². The number of carbonyl (C=O) groups excluding carboxylic acids is 1. The Labute approximate surface area is 186 Å². The molecule has 2 atom stereocenters. The highest BCUT2D eigenvalue weighted by molar-refractivity contribution is 5.94. The number of hydrogen-bond acceptors (Lipinski definition) is 4. The molecule has 2 rings (SSSR count). The molecule has 0 aromatic heterocycles. The number of para-hydroxylation sites is 2. The number of nitrogens with one attached hydrogen (secondary N) is 1. The molecule has 3 N–H and O–H groups in total. The molecule has 2 aromatic carbocycles. The molecule has 0 aliphatic heterocycles. The molecule has 0 saturated heterocycles. The van der Waals surface area contributed by atoms with E-state index in [1.807, 2.05) is 61.5 Å². The maximum atomic E-state index is 12.7. The summed E-state index contributed by atoms with van der Waals surface area (Å²) in [6.45, 7) is 9.53. The summed E-state index contributed by atoms with van der Waals surface area (Å²) in [5.74, 6) is 0.195. The lowest BCUT2D eigenvalue weighted by molar-refractivity contribution is -0.120. The van der Waals surface area contributed by atoms with E-state index in [9.17, 15) is 4.79 Å². The van der Waals surface area contributed by atoms with Gasteiger partial charge in [0, 0.05) is 12.6 Å². The minimum absolute atomic E-state index is 0. The summed E-state index contributed by atoms with van der Waals surface area (Å²) >= 11 is 0. The van der Waals surface area contributed by atoms with E-state index in [0.29, 0.717) is 18.0 Å². The number of carbonyl (C=O) groups is 1. The highest BCUT2D eigenvalue weighted by atomic mass is 35.5. The number of nitrogens with zero attached hydrogens (tertiary/aromatic N) is 1. The number of nitrogens with two attached hydrogens (primary N) is 1. The Morgan fingerprint density at radius 2 is 1.62 bits per heavy atom. The van der Waals surface area contributed by atoms with Crippen LogP contribution in [0.3, 0.4) is 0 Å². The Kier molecular flexibility index (Phi) is 13.4. The second kappa shape index (κ2) is 14.2. The van der Waals surface area contributed by atoms with Crippen molar-refractivity contribution >= 4 is 36.4 Å². The van der Waals surface area contributed by atoms with E-state index < -0.39 is 0 Å². The fourth-order valence-corrected chi connectivity index (χ4v) is 2.89. The third-order valence-electron chi connectivity index (χ3n) is 4.84. The number of benzene rings is 2. The third-order valence-corrected chi connectivity index (χ3v) is 4.84. The van der Waals surface area contributed by atoms with E-state index >= 15 is 0 Å². The monoisotopic (exact) mass is 441 g/mol. The predicted octanol–water partition coefficient (Wildman–Crippen LogP) is 4.53. The molecule has 2 unspecified atom stereocenters. The van der Waals surface area contributed by atoms with E-state index in [-0.39, 0.29) is 42.7 Å². The fraction of sp³-hybridized carbons (Fsp3) is 0.409. The smallest absolute Gasteiger partial charge is 0.229 e. The van der Waals surface area contributed by atoms with Gasteiger partial charge in [-0.15, -0.1) is 24.8 Å². The normalized spacial score (nSPS) is 12.3. The van der Waals surface area contributed by atoms with Crippen molar-refractivity contribution in [1.82, 2.24) is 4.90 Å². The van der Waals surface area contributed by atoms with Crippen LogP contribution in [0.2, 0.25) is 0 Å².